The second-order valence-electron chi connectivity index (χ2n) is 6.13. The molecule has 0 heterocycles. The van der Waals surface area contributed by atoms with Gasteiger partial charge in [-0.05, 0) is 36.5 Å². The molecule has 0 heteroatoms. The molecule has 85 valence electrons. The zero-order chi connectivity index (χ0) is 11.2. The van der Waals surface area contributed by atoms with Gasteiger partial charge in [0.15, 0.2) is 0 Å². The average molecular weight is 197 g/mol. The molecule has 0 nitrogen and oxygen atoms in total. The van der Waals surface area contributed by atoms with Crippen LogP contribution in [0.5, 0.6) is 0 Å². The molecular formula is C14H29. The molecule has 0 aliphatic heterocycles. The van der Waals surface area contributed by atoms with Crippen molar-refractivity contribution in [3.8, 4) is 0 Å². The Bertz CT molecular complexity index is 142. The molecule has 0 unspecified atom stereocenters. The van der Waals surface area contributed by atoms with Crippen molar-refractivity contribution in [2.24, 2.45) is 10.8 Å². The van der Waals surface area contributed by atoms with Gasteiger partial charge in [-0.15, -0.1) is 0 Å². The van der Waals surface area contributed by atoms with Gasteiger partial charge in [0.05, 0.1) is 0 Å². The fourth-order valence-electron chi connectivity index (χ4n) is 1.78. The first kappa shape index (κ1) is 14.0. The molecule has 1 radical (unpaired) electrons. The fourth-order valence-corrected chi connectivity index (χ4v) is 1.78. The largest absolute Gasteiger partial charge is 0.0654 e. The fraction of sp³-hybridized carbons (Fsp3) is 0.929. The van der Waals surface area contributed by atoms with E-state index in [0.29, 0.717) is 10.8 Å². The highest BCUT2D eigenvalue weighted by Gasteiger charge is 2.19. The molecular weight excluding hydrogens is 168 g/mol. The summed E-state index contributed by atoms with van der Waals surface area (Å²) in [5, 5.41) is 0. The summed E-state index contributed by atoms with van der Waals surface area (Å²) >= 11 is 0. The van der Waals surface area contributed by atoms with Crippen LogP contribution in [0.1, 0.15) is 73.6 Å². The van der Waals surface area contributed by atoms with Crippen LogP contribution in [0.15, 0.2) is 0 Å². The minimum atomic E-state index is 0.502. The lowest BCUT2D eigenvalue weighted by Gasteiger charge is -2.27. The van der Waals surface area contributed by atoms with Crippen LogP contribution >= 0.6 is 0 Å². The van der Waals surface area contributed by atoms with Crippen LogP contribution in [0.3, 0.4) is 0 Å². The summed E-state index contributed by atoms with van der Waals surface area (Å²) in [6.07, 6.45) is 8.95. The van der Waals surface area contributed by atoms with E-state index in [1.165, 1.54) is 32.1 Å². The minimum absolute atomic E-state index is 0.502. The van der Waals surface area contributed by atoms with Gasteiger partial charge >= 0.3 is 0 Å². The van der Waals surface area contributed by atoms with Crippen LogP contribution in [0.2, 0.25) is 0 Å². The number of hydrogen-bond donors (Lipinski definition) is 0. The van der Waals surface area contributed by atoms with Crippen LogP contribution in [-0.4, -0.2) is 0 Å². The molecule has 0 bridgehead atoms. The summed E-state index contributed by atoms with van der Waals surface area (Å²) in [5.41, 5.74) is 1.01. The van der Waals surface area contributed by atoms with Crippen molar-refractivity contribution in [2.45, 2.75) is 73.6 Å². The van der Waals surface area contributed by atoms with E-state index < -0.39 is 0 Å². The van der Waals surface area contributed by atoms with Gasteiger partial charge in [-0.2, -0.15) is 0 Å². The van der Waals surface area contributed by atoms with Crippen LogP contribution in [0, 0.1) is 17.3 Å². The Labute approximate surface area is 91.5 Å². The Kier molecular flexibility index (Phi) is 5.78. The maximum absolute atomic E-state index is 2.50. The molecule has 0 aromatic rings. The molecule has 0 aromatic carbocycles. The molecule has 0 saturated heterocycles. The van der Waals surface area contributed by atoms with Gasteiger partial charge in [-0.1, -0.05) is 54.4 Å². The van der Waals surface area contributed by atoms with E-state index >= 15 is 0 Å². The first-order chi connectivity index (χ1) is 6.33. The van der Waals surface area contributed by atoms with Gasteiger partial charge in [0.25, 0.3) is 0 Å². The third-order valence-electron chi connectivity index (χ3n) is 3.28. The molecule has 0 aliphatic carbocycles. The summed E-state index contributed by atoms with van der Waals surface area (Å²) in [7, 11) is 0. The summed E-state index contributed by atoms with van der Waals surface area (Å²) in [4.78, 5) is 0. The molecule has 0 N–H and O–H groups in total. The van der Waals surface area contributed by atoms with Crippen molar-refractivity contribution in [1.29, 1.82) is 0 Å². The highest BCUT2D eigenvalue weighted by Crippen LogP contribution is 2.32. The van der Waals surface area contributed by atoms with E-state index in [-0.39, 0.29) is 0 Å². The summed E-state index contributed by atoms with van der Waals surface area (Å²) in [5.74, 6) is 0. The first-order valence-corrected chi connectivity index (χ1v) is 6.14. The summed E-state index contributed by atoms with van der Waals surface area (Å²) < 4.78 is 0. The monoisotopic (exact) mass is 197 g/mol. The lowest BCUT2D eigenvalue weighted by molar-refractivity contribution is 0.291. The molecule has 0 atom stereocenters. The van der Waals surface area contributed by atoms with Crippen molar-refractivity contribution < 1.29 is 0 Å². The van der Waals surface area contributed by atoms with E-state index in [1.807, 2.05) is 0 Å². The quantitative estimate of drug-likeness (QED) is 0.524. The molecule has 0 aromatic heterocycles. The minimum Gasteiger partial charge on any atom is -0.0654 e. The second kappa shape index (κ2) is 5.78. The highest BCUT2D eigenvalue weighted by atomic mass is 14.2. The van der Waals surface area contributed by atoms with E-state index in [0.717, 1.165) is 0 Å². The van der Waals surface area contributed by atoms with Crippen LogP contribution in [0.25, 0.3) is 0 Å². The normalized spacial score (nSPS) is 13.3. The van der Waals surface area contributed by atoms with Crippen molar-refractivity contribution >= 4 is 0 Å². The molecule has 0 aliphatic rings. The number of rotatable bonds is 7. The molecule has 0 rings (SSSR count). The van der Waals surface area contributed by atoms with Gasteiger partial charge in [0.2, 0.25) is 0 Å². The Balaban J connectivity index is 3.73. The predicted molar refractivity (Wildman–Crippen MR) is 66.3 cm³/mol. The van der Waals surface area contributed by atoms with E-state index in [1.54, 1.807) is 0 Å². The zero-order valence-electron chi connectivity index (χ0n) is 11.1. The first-order valence-electron chi connectivity index (χ1n) is 6.14. The smallest absolute Gasteiger partial charge is 0.0352 e. The Morgan fingerprint density at radius 3 is 1.79 bits per heavy atom. The Hall–Kier alpha value is 0. The van der Waals surface area contributed by atoms with Gasteiger partial charge < -0.3 is 0 Å². The molecule has 0 spiro atoms. The predicted octanol–water partition coefficient (Wildman–Crippen LogP) is 5.23. The standard InChI is InChI=1S/C14H29/c1-7-10-14(5,6)12-9-11-13(3,4)8-2/h9H,7-8,10-12H2,1-6H3. The van der Waals surface area contributed by atoms with E-state index in [4.69, 9.17) is 0 Å². The average Bonchev–Trinajstić information content (AvgIpc) is 2.03. The topological polar surface area (TPSA) is 0 Å². The summed E-state index contributed by atoms with van der Waals surface area (Å²) in [6.45, 7) is 14.0. The third-order valence-corrected chi connectivity index (χ3v) is 3.28. The van der Waals surface area contributed by atoms with Crippen molar-refractivity contribution in [2.75, 3.05) is 0 Å². The molecule has 0 amide bonds. The SMILES string of the molecule is CCCC(C)(C)C[CH]CC(C)(C)CC. The highest BCUT2D eigenvalue weighted by molar-refractivity contribution is 4.82. The zero-order valence-corrected chi connectivity index (χ0v) is 11.1. The van der Waals surface area contributed by atoms with E-state index in [9.17, 15) is 0 Å². The maximum atomic E-state index is 2.50. The van der Waals surface area contributed by atoms with Crippen molar-refractivity contribution in [1.82, 2.24) is 0 Å². The van der Waals surface area contributed by atoms with Crippen LogP contribution in [0.4, 0.5) is 0 Å². The van der Waals surface area contributed by atoms with Crippen LogP contribution in [-0.2, 0) is 0 Å². The van der Waals surface area contributed by atoms with Crippen LogP contribution < -0.4 is 0 Å². The summed E-state index contributed by atoms with van der Waals surface area (Å²) in [6, 6.07) is 0. The van der Waals surface area contributed by atoms with E-state index in [2.05, 4.69) is 48.0 Å². The van der Waals surface area contributed by atoms with Crippen molar-refractivity contribution in [3.63, 3.8) is 0 Å². The lowest BCUT2D eigenvalue weighted by atomic mass is 9.78. The lowest BCUT2D eigenvalue weighted by Crippen LogP contribution is -2.15. The molecule has 0 saturated carbocycles. The van der Waals surface area contributed by atoms with Gasteiger partial charge in [-0.25, -0.2) is 0 Å². The van der Waals surface area contributed by atoms with Gasteiger partial charge in [0.1, 0.15) is 0 Å². The second-order valence-corrected chi connectivity index (χ2v) is 6.13. The molecule has 0 fully saturated rings. The van der Waals surface area contributed by atoms with Gasteiger partial charge in [-0.3, -0.25) is 0 Å². The number of hydrogen-bond acceptors (Lipinski definition) is 0. The third kappa shape index (κ3) is 6.45. The molecule has 14 heavy (non-hydrogen) atoms. The Morgan fingerprint density at radius 1 is 0.857 bits per heavy atom. The maximum Gasteiger partial charge on any atom is -0.0352 e. The van der Waals surface area contributed by atoms with Gasteiger partial charge in [0, 0.05) is 0 Å². The van der Waals surface area contributed by atoms with Crippen molar-refractivity contribution in [3.05, 3.63) is 6.42 Å². The Morgan fingerprint density at radius 2 is 1.36 bits per heavy atom.